The summed E-state index contributed by atoms with van der Waals surface area (Å²) in [5.74, 6) is 1.50. The Hall–Kier alpha value is -2.27. The van der Waals surface area contributed by atoms with Gasteiger partial charge in [-0.05, 0) is 47.8 Å². The van der Waals surface area contributed by atoms with Gasteiger partial charge in [-0.25, -0.2) is 0 Å². The first-order chi connectivity index (χ1) is 11.8. The first-order valence-corrected chi connectivity index (χ1v) is 8.81. The van der Waals surface area contributed by atoms with Crippen molar-refractivity contribution in [1.82, 2.24) is 5.32 Å². The van der Waals surface area contributed by atoms with Crippen LogP contribution in [0.4, 0.5) is 5.69 Å². The fourth-order valence-corrected chi connectivity index (χ4v) is 2.99. The highest BCUT2D eigenvalue weighted by molar-refractivity contribution is 7.80. The molecule has 25 heavy (non-hydrogen) atoms. The molecule has 0 saturated heterocycles. The Balaban J connectivity index is 1.60. The second-order valence-corrected chi connectivity index (χ2v) is 7.67. The van der Waals surface area contributed by atoms with Crippen LogP contribution in [0.2, 0.25) is 0 Å². The zero-order chi connectivity index (χ0) is 18.0. The van der Waals surface area contributed by atoms with Gasteiger partial charge in [-0.2, -0.15) is 0 Å². The van der Waals surface area contributed by atoms with Crippen LogP contribution in [0.25, 0.3) is 0 Å². The lowest BCUT2D eigenvalue weighted by Gasteiger charge is -2.21. The molecule has 0 spiro atoms. The third-order valence-corrected chi connectivity index (χ3v) is 4.47. The molecule has 4 nitrogen and oxygen atoms in total. The smallest absolute Gasteiger partial charge is 0.231 e. The van der Waals surface area contributed by atoms with Gasteiger partial charge in [-0.15, -0.1) is 0 Å². The first kappa shape index (κ1) is 17.5. The van der Waals surface area contributed by atoms with Crippen molar-refractivity contribution in [2.45, 2.75) is 39.2 Å². The lowest BCUT2D eigenvalue weighted by atomic mass is 9.86. The van der Waals surface area contributed by atoms with Gasteiger partial charge in [0, 0.05) is 11.8 Å². The van der Waals surface area contributed by atoms with Crippen LogP contribution in [0, 0.1) is 0 Å². The Labute approximate surface area is 154 Å². The molecule has 2 aromatic rings. The van der Waals surface area contributed by atoms with Crippen molar-refractivity contribution >= 4 is 23.0 Å². The summed E-state index contributed by atoms with van der Waals surface area (Å²) in [4.78, 5) is 0. The molecule has 132 valence electrons. The van der Waals surface area contributed by atoms with Crippen LogP contribution in [0.1, 0.15) is 44.9 Å². The van der Waals surface area contributed by atoms with Gasteiger partial charge < -0.3 is 20.1 Å². The van der Waals surface area contributed by atoms with Gasteiger partial charge in [0.2, 0.25) is 6.79 Å². The van der Waals surface area contributed by atoms with Gasteiger partial charge in [-0.3, -0.25) is 0 Å². The van der Waals surface area contributed by atoms with Gasteiger partial charge in [0.1, 0.15) is 0 Å². The van der Waals surface area contributed by atoms with E-state index < -0.39 is 0 Å². The third kappa shape index (κ3) is 4.23. The van der Waals surface area contributed by atoms with Crippen LogP contribution in [-0.4, -0.2) is 11.9 Å². The van der Waals surface area contributed by atoms with Crippen LogP contribution in [0.15, 0.2) is 42.5 Å². The summed E-state index contributed by atoms with van der Waals surface area (Å²) in [6, 6.07) is 14.5. The fraction of sp³-hybridized carbons (Fsp3) is 0.350. The Morgan fingerprint density at radius 3 is 2.40 bits per heavy atom. The van der Waals surface area contributed by atoms with Crippen molar-refractivity contribution in [2.75, 3.05) is 12.1 Å². The van der Waals surface area contributed by atoms with Crippen LogP contribution < -0.4 is 20.1 Å². The summed E-state index contributed by atoms with van der Waals surface area (Å²) in [5.41, 5.74) is 3.55. The average molecular weight is 356 g/mol. The highest BCUT2D eigenvalue weighted by atomic mass is 32.1. The van der Waals surface area contributed by atoms with Crippen molar-refractivity contribution in [3.8, 4) is 11.5 Å². The molecule has 1 heterocycles. The maximum atomic E-state index is 5.43. The summed E-state index contributed by atoms with van der Waals surface area (Å²) < 4.78 is 10.7. The molecule has 2 aromatic carbocycles. The molecular formula is C20H24N2O2S. The lowest BCUT2D eigenvalue weighted by Crippen LogP contribution is -2.30. The Morgan fingerprint density at radius 1 is 1.04 bits per heavy atom. The number of fused-ring (bicyclic) bond motifs is 1. The molecule has 0 aliphatic carbocycles. The Bertz CT molecular complexity index is 766. The second kappa shape index (κ2) is 6.92. The topological polar surface area (TPSA) is 42.5 Å². The third-order valence-electron chi connectivity index (χ3n) is 4.25. The van der Waals surface area contributed by atoms with E-state index in [-0.39, 0.29) is 18.2 Å². The highest BCUT2D eigenvalue weighted by Gasteiger charge is 2.15. The van der Waals surface area contributed by atoms with Crippen LogP contribution in [0.5, 0.6) is 11.5 Å². The molecule has 0 aromatic heterocycles. The molecule has 0 amide bonds. The number of nitrogens with one attached hydrogen (secondary N) is 2. The summed E-state index contributed by atoms with van der Waals surface area (Å²) in [6.45, 7) is 9.01. The van der Waals surface area contributed by atoms with Crippen molar-refractivity contribution in [1.29, 1.82) is 0 Å². The maximum Gasteiger partial charge on any atom is 0.231 e. The van der Waals surface area contributed by atoms with Gasteiger partial charge in [0.25, 0.3) is 0 Å². The normalized spacial score (nSPS) is 14.1. The minimum atomic E-state index is 0.114. The van der Waals surface area contributed by atoms with E-state index in [0.717, 1.165) is 17.2 Å². The zero-order valence-corrected chi connectivity index (χ0v) is 15.9. The zero-order valence-electron chi connectivity index (χ0n) is 15.1. The van der Waals surface area contributed by atoms with Gasteiger partial charge in [0.15, 0.2) is 16.6 Å². The van der Waals surface area contributed by atoms with E-state index in [2.05, 4.69) is 62.6 Å². The van der Waals surface area contributed by atoms with Gasteiger partial charge in [0.05, 0.1) is 6.04 Å². The number of hydrogen-bond donors (Lipinski definition) is 2. The first-order valence-electron chi connectivity index (χ1n) is 8.40. The fourth-order valence-electron chi connectivity index (χ4n) is 2.69. The van der Waals surface area contributed by atoms with Crippen LogP contribution >= 0.6 is 12.2 Å². The molecule has 0 fully saturated rings. The number of benzene rings is 2. The Morgan fingerprint density at radius 2 is 1.72 bits per heavy atom. The SMILES string of the molecule is C[C@H](NC(=S)Nc1ccc2c(c1)OCO2)c1ccc(C(C)(C)C)cc1. The predicted octanol–water partition coefficient (Wildman–Crippen LogP) is 4.76. The van der Waals surface area contributed by atoms with E-state index in [0.29, 0.717) is 5.11 Å². The van der Waals surface area contributed by atoms with E-state index in [4.69, 9.17) is 21.7 Å². The quantitative estimate of drug-likeness (QED) is 0.776. The molecule has 0 unspecified atom stereocenters. The molecular weight excluding hydrogens is 332 g/mol. The van der Waals surface area contributed by atoms with Gasteiger partial charge in [-0.1, -0.05) is 45.0 Å². The van der Waals surface area contributed by atoms with E-state index in [1.165, 1.54) is 11.1 Å². The molecule has 1 atom stereocenters. The van der Waals surface area contributed by atoms with Gasteiger partial charge >= 0.3 is 0 Å². The minimum Gasteiger partial charge on any atom is -0.454 e. The van der Waals surface area contributed by atoms with Crippen LogP contribution in [0.3, 0.4) is 0 Å². The van der Waals surface area contributed by atoms with Crippen molar-refractivity contribution in [2.24, 2.45) is 0 Å². The van der Waals surface area contributed by atoms with Crippen molar-refractivity contribution in [3.63, 3.8) is 0 Å². The number of thiocarbonyl (C=S) groups is 1. The Kier molecular flexibility index (Phi) is 4.86. The van der Waals surface area contributed by atoms with Crippen molar-refractivity contribution < 1.29 is 9.47 Å². The average Bonchev–Trinajstić information content (AvgIpc) is 3.01. The van der Waals surface area contributed by atoms with E-state index in [9.17, 15) is 0 Å². The van der Waals surface area contributed by atoms with Crippen LogP contribution in [-0.2, 0) is 5.41 Å². The number of hydrogen-bond acceptors (Lipinski definition) is 3. The predicted molar refractivity (Wildman–Crippen MR) is 105 cm³/mol. The molecule has 0 radical (unpaired) electrons. The molecule has 0 saturated carbocycles. The molecule has 0 bridgehead atoms. The van der Waals surface area contributed by atoms with E-state index in [1.54, 1.807) is 0 Å². The molecule has 1 aliphatic rings. The highest BCUT2D eigenvalue weighted by Crippen LogP contribution is 2.34. The molecule has 5 heteroatoms. The van der Waals surface area contributed by atoms with E-state index >= 15 is 0 Å². The maximum absolute atomic E-state index is 5.43. The number of rotatable bonds is 3. The molecule has 1 aliphatic heterocycles. The summed E-state index contributed by atoms with van der Waals surface area (Å²) >= 11 is 5.43. The standard InChI is InChI=1S/C20H24N2O2S/c1-13(14-5-7-15(8-6-14)20(2,3)4)21-19(25)22-16-9-10-17-18(11-16)24-12-23-17/h5-11,13H,12H2,1-4H3,(H2,21,22,25)/t13-/m0/s1. The number of anilines is 1. The molecule has 2 N–H and O–H groups in total. The number of ether oxygens (including phenoxy) is 2. The second-order valence-electron chi connectivity index (χ2n) is 7.26. The van der Waals surface area contributed by atoms with Crippen molar-refractivity contribution in [3.05, 3.63) is 53.6 Å². The van der Waals surface area contributed by atoms with E-state index in [1.807, 2.05) is 18.2 Å². The largest absolute Gasteiger partial charge is 0.454 e. The molecule has 3 rings (SSSR count). The monoisotopic (exact) mass is 356 g/mol. The minimum absolute atomic E-state index is 0.114. The summed E-state index contributed by atoms with van der Waals surface area (Å²) in [6.07, 6.45) is 0. The summed E-state index contributed by atoms with van der Waals surface area (Å²) in [5, 5.41) is 7.09. The summed E-state index contributed by atoms with van der Waals surface area (Å²) in [7, 11) is 0. The lowest BCUT2D eigenvalue weighted by molar-refractivity contribution is 0.174.